The van der Waals surface area contributed by atoms with Crippen LogP contribution in [0, 0.1) is 5.92 Å². The number of anilines is 1. The Morgan fingerprint density at radius 1 is 1.35 bits per heavy atom. The molecule has 0 bridgehead atoms. The molecule has 1 aromatic carbocycles. The summed E-state index contributed by atoms with van der Waals surface area (Å²) in [6.45, 7) is 3.03. The molecule has 2 rings (SSSR count). The van der Waals surface area contributed by atoms with Crippen molar-refractivity contribution in [1.82, 2.24) is 10.6 Å². The van der Waals surface area contributed by atoms with Crippen molar-refractivity contribution in [2.24, 2.45) is 5.92 Å². The number of para-hydroxylation sites is 1. The first-order valence-electron chi connectivity index (χ1n) is 7.19. The molecule has 4 N–H and O–H groups in total. The first kappa shape index (κ1) is 19.7. The Balaban J connectivity index is 0.00000264. The smallest absolute Gasteiger partial charge is 0.253 e. The van der Waals surface area contributed by atoms with E-state index in [2.05, 4.69) is 15.4 Å². The number of rotatable bonds is 6. The average molecular weight is 364 g/mol. The number of hydrogen-bond donors (Lipinski definition) is 4. The molecule has 1 aliphatic rings. The van der Waals surface area contributed by atoms with Gasteiger partial charge in [0.2, 0.25) is 10.0 Å². The van der Waals surface area contributed by atoms with Gasteiger partial charge < -0.3 is 15.7 Å². The van der Waals surface area contributed by atoms with Crippen molar-refractivity contribution in [3.05, 3.63) is 29.8 Å². The Hall–Kier alpha value is -1.35. The topological polar surface area (TPSA) is 108 Å². The fourth-order valence-electron chi connectivity index (χ4n) is 2.26. The Kier molecular flexibility index (Phi) is 7.27. The van der Waals surface area contributed by atoms with Crippen LogP contribution in [0.5, 0.6) is 0 Å². The van der Waals surface area contributed by atoms with Crippen molar-refractivity contribution < 1.29 is 18.3 Å². The quantitative estimate of drug-likeness (QED) is 0.576. The molecular weight excluding hydrogens is 342 g/mol. The lowest BCUT2D eigenvalue weighted by molar-refractivity contribution is 0.0928. The number of amides is 1. The molecular formula is C14H22ClN3O4S. The van der Waals surface area contributed by atoms with Crippen molar-refractivity contribution in [3.63, 3.8) is 0 Å². The number of aliphatic hydroxyl groups is 1. The Morgan fingerprint density at radius 3 is 2.65 bits per heavy atom. The molecule has 0 radical (unpaired) electrons. The number of hydrogen-bond acceptors (Lipinski definition) is 5. The van der Waals surface area contributed by atoms with Crippen molar-refractivity contribution in [3.8, 4) is 0 Å². The number of halogens is 1. The van der Waals surface area contributed by atoms with Gasteiger partial charge in [-0.2, -0.15) is 0 Å². The van der Waals surface area contributed by atoms with Crippen LogP contribution in [0.25, 0.3) is 0 Å². The predicted molar refractivity (Wildman–Crippen MR) is 91.5 cm³/mol. The van der Waals surface area contributed by atoms with E-state index in [1.165, 1.54) is 6.92 Å². The number of carbonyl (C=O) groups is 1. The van der Waals surface area contributed by atoms with E-state index < -0.39 is 16.1 Å². The van der Waals surface area contributed by atoms with E-state index in [4.69, 9.17) is 0 Å². The van der Waals surface area contributed by atoms with Crippen LogP contribution in [-0.2, 0) is 10.0 Å². The zero-order valence-electron chi connectivity index (χ0n) is 12.8. The minimum absolute atomic E-state index is 0. The monoisotopic (exact) mass is 363 g/mol. The maximum absolute atomic E-state index is 12.3. The second-order valence-corrected chi connectivity index (χ2v) is 7.26. The van der Waals surface area contributed by atoms with Gasteiger partial charge in [-0.05, 0) is 19.1 Å². The molecule has 130 valence electrons. The van der Waals surface area contributed by atoms with Gasteiger partial charge in [0.25, 0.3) is 5.91 Å². The van der Waals surface area contributed by atoms with Gasteiger partial charge in [0.05, 0.1) is 23.1 Å². The largest absolute Gasteiger partial charge is 0.391 e. The molecule has 1 heterocycles. The predicted octanol–water partition coefficient (Wildman–Crippen LogP) is 0.180. The highest BCUT2D eigenvalue weighted by molar-refractivity contribution is 7.92. The van der Waals surface area contributed by atoms with Gasteiger partial charge in [-0.1, -0.05) is 12.1 Å². The second-order valence-electron chi connectivity index (χ2n) is 5.25. The lowest BCUT2D eigenvalue weighted by atomic mass is 10.1. The minimum atomic E-state index is -3.45. The van der Waals surface area contributed by atoms with Crippen LogP contribution in [0.2, 0.25) is 0 Å². The first-order chi connectivity index (χ1) is 10.4. The zero-order valence-corrected chi connectivity index (χ0v) is 14.4. The average Bonchev–Trinajstić information content (AvgIpc) is 2.90. The molecule has 9 heteroatoms. The maximum atomic E-state index is 12.3. The first-order valence-corrected chi connectivity index (χ1v) is 8.84. The highest BCUT2D eigenvalue weighted by Gasteiger charge is 2.25. The maximum Gasteiger partial charge on any atom is 0.253 e. The summed E-state index contributed by atoms with van der Waals surface area (Å²) < 4.78 is 25.7. The second kappa shape index (κ2) is 8.49. The van der Waals surface area contributed by atoms with Crippen LogP contribution in [0.4, 0.5) is 5.69 Å². The summed E-state index contributed by atoms with van der Waals surface area (Å²) in [7, 11) is -3.45. The van der Waals surface area contributed by atoms with Gasteiger partial charge in [0, 0.05) is 25.6 Å². The van der Waals surface area contributed by atoms with E-state index >= 15 is 0 Å². The third kappa shape index (κ3) is 5.35. The molecule has 1 fully saturated rings. The molecule has 1 saturated heterocycles. The zero-order chi connectivity index (χ0) is 16.2. The van der Waals surface area contributed by atoms with Crippen LogP contribution in [-0.4, -0.2) is 50.9 Å². The number of β-amino-alcohol motifs (C(OH)–C–C–N with tert-alkyl or cyclic N) is 1. The summed E-state index contributed by atoms with van der Waals surface area (Å²) >= 11 is 0. The molecule has 2 atom stereocenters. The normalized spacial score (nSPS) is 20.6. The fourth-order valence-corrected chi connectivity index (χ4v) is 2.91. The number of carbonyl (C=O) groups excluding carboxylic acids is 1. The van der Waals surface area contributed by atoms with Gasteiger partial charge in [-0.3, -0.25) is 9.52 Å². The Morgan fingerprint density at radius 2 is 2.04 bits per heavy atom. The highest BCUT2D eigenvalue weighted by Crippen LogP contribution is 2.17. The molecule has 0 aromatic heterocycles. The van der Waals surface area contributed by atoms with E-state index in [1.807, 2.05) is 0 Å². The lowest BCUT2D eigenvalue weighted by Crippen LogP contribution is -2.34. The van der Waals surface area contributed by atoms with Crippen molar-refractivity contribution in [2.45, 2.75) is 13.0 Å². The SMILES string of the molecule is CCS(=O)(=O)Nc1ccccc1C(=O)NCC1CNCC1O.Cl. The van der Waals surface area contributed by atoms with E-state index in [1.54, 1.807) is 24.3 Å². The summed E-state index contributed by atoms with van der Waals surface area (Å²) in [5.74, 6) is -0.472. The van der Waals surface area contributed by atoms with Crippen LogP contribution >= 0.6 is 12.4 Å². The molecule has 1 aromatic rings. The molecule has 2 unspecified atom stereocenters. The van der Waals surface area contributed by atoms with Crippen LogP contribution in [0.3, 0.4) is 0 Å². The van der Waals surface area contributed by atoms with Crippen molar-refractivity contribution >= 4 is 34.0 Å². The lowest BCUT2D eigenvalue weighted by Gasteiger charge is -2.16. The highest BCUT2D eigenvalue weighted by atomic mass is 35.5. The molecule has 0 spiro atoms. The molecule has 23 heavy (non-hydrogen) atoms. The van der Waals surface area contributed by atoms with Crippen molar-refractivity contribution in [1.29, 1.82) is 0 Å². The third-order valence-corrected chi connectivity index (χ3v) is 4.94. The fraction of sp³-hybridized carbons (Fsp3) is 0.500. The van der Waals surface area contributed by atoms with Gasteiger partial charge in [0.1, 0.15) is 0 Å². The molecule has 1 aliphatic heterocycles. The molecule has 1 amide bonds. The van der Waals surface area contributed by atoms with E-state index in [9.17, 15) is 18.3 Å². The number of sulfonamides is 1. The number of nitrogens with one attached hydrogen (secondary N) is 3. The Bertz CT molecular complexity index is 639. The van der Waals surface area contributed by atoms with Gasteiger partial charge in [0.15, 0.2) is 0 Å². The molecule has 0 aliphatic carbocycles. The summed E-state index contributed by atoms with van der Waals surface area (Å²) in [5.41, 5.74) is 0.520. The van der Waals surface area contributed by atoms with Gasteiger partial charge in [-0.15, -0.1) is 12.4 Å². The minimum Gasteiger partial charge on any atom is -0.391 e. The van der Waals surface area contributed by atoms with Crippen LogP contribution < -0.4 is 15.4 Å². The standard InChI is InChI=1S/C14H21N3O4S.ClH/c1-2-22(20,21)17-12-6-4-3-5-11(12)14(19)16-8-10-7-15-9-13(10)18;/h3-6,10,13,15,17-18H,2,7-9H2,1H3,(H,16,19);1H. The summed E-state index contributed by atoms with van der Waals surface area (Å²) in [6.07, 6.45) is -0.478. The summed E-state index contributed by atoms with van der Waals surface area (Å²) in [5, 5.41) is 15.5. The Labute approximate surface area is 142 Å². The van der Waals surface area contributed by atoms with E-state index in [0.717, 1.165) is 0 Å². The number of aliphatic hydroxyl groups excluding tert-OH is 1. The van der Waals surface area contributed by atoms with E-state index in [-0.39, 0.29) is 41.2 Å². The third-order valence-electron chi connectivity index (χ3n) is 3.65. The molecule has 0 saturated carbocycles. The van der Waals surface area contributed by atoms with E-state index in [0.29, 0.717) is 19.6 Å². The van der Waals surface area contributed by atoms with Gasteiger partial charge in [-0.25, -0.2) is 8.42 Å². The molecule has 7 nitrogen and oxygen atoms in total. The summed E-state index contributed by atoms with van der Waals surface area (Å²) in [4.78, 5) is 12.3. The van der Waals surface area contributed by atoms with Crippen LogP contribution in [0.15, 0.2) is 24.3 Å². The summed E-state index contributed by atoms with van der Waals surface area (Å²) in [6, 6.07) is 6.44. The number of benzene rings is 1. The van der Waals surface area contributed by atoms with Crippen LogP contribution in [0.1, 0.15) is 17.3 Å². The van der Waals surface area contributed by atoms with Gasteiger partial charge >= 0.3 is 0 Å². The van der Waals surface area contributed by atoms with Crippen molar-refractivity contribution in [2.75, 3.05) is 30.1 Å².